The Kier molecular flexibility index (Phi) is 5.35. The molecule has 0 radical (unpaired) electrons. The SMILES string of the molecule is C=C(C)CCC/C=C(/O)OC. The van der Waals surface area contributed by atoms with Crippen LogP contribution in [-0.2, 0) is 4.74 Å². The first-order chi connectivity index (χ1) is 5.16. The summed E-state index contributed by atoms with van der Waals surface area (Å²) in [6.07, 6.45) is 4.53. The number of hydrogen-bond acceptors (Lipinski definition) is 2. The molecule has 0 heterocycles. The van der Waals surface area contributed by atoms with Crippen LogP contribution >= 0.6 is 0 Å². The lowest BCUT2D eigenvalue weighted by Gasteiger charge is -1.97. The van der Waals surface area contributed by atoms with E-state index in [1.807, 2.05) is 6.92 Å². The van der Waals surface area contributed by atoms with Crippen LogP contribution in [-0.4, -0.2) is 12.2 Å². The van der Waals surface area contributed by atoms with Gasteiger partial charge >= 0.3 is 0 Å². The molecule has 0 bridgehead atoms. The van der Waals surface area contributed by atoms with Gasteiger partial charge in [0.1, 0.15) is 0 Å². The van der Waals surface area contributed by atoms with Gasteiger partial charge in [-0.25, -0.2) is 0 Å². The quantitative estimate of drug-likeness (QED) is 0.377. The number of unbranched alkanes of at least 4 members (excludes halogenated alkanes) is 1. The maximum atomic E-state index is 8.84. The average Bonchev–Trinajstić information content (AvgIpc) is 1.97. The van der Waals surface area contributed by atoms with E-state index in [4.69, 9.17) is 5.11 Å². The molecule has 0 aromatic rings. The van der Waals surface area contributed by atoms with Crippen molar-refractivity contribution in [2.45, 2.75) is 26.2 Å². The van der Waals surface area contributed by atoms with Crippen molar-refractivity contribution in [2.24, 2.45) is 0 Å². The van der Waals surface area contributed by atoms with Gasteiger partial charge < -0.3 is 9.84 Å². The normalized spacial score (nSPS) is 11.3. The monoisotopic (exact) mass is 156 g/mol. The van der Waals surface area contributed by atoms with Crippen LogP contribution in [0.2, 0.25) is 0 Å². The van der Waals surface area contributed by atoms with Crippen molar-refractivity contribution < 1.29 is 9.84 Å². The van der Waals surface area contributed by atoms with Crippen LogP contribution in [0.1, 0.15) is 26.2 Å². The Hall–Kier alpha value is -0.920. The lowest BCUT2D eigenvalue weighted by Crippen LogP contribution is -1.83. The molecule has 0 spiro atoms. The predicted molar refractivity (Wildman–Crippen MR) is 46.4 cm³/mol. The van der Waals surface area contributed by atoms with Gasteiger partial charge in [-0.3, -0.25) is 0 Å². The third-order valence-corrected chi connectivity index (χ3v) is 1.34. The summed E-state index contributed by atoms with van der Waals surface area (Å²) >= 11 is 0. The average molecular weight is 156 g/mol. The number of ether oxygens (including phenoxy) is 1. The van der Waals surface area contributed by atoms with Gasteiger partial charge in [0.25, 0.3) is 5.95 Å². The maximum Gasteiger partial charge on any atom is 0.272 e. The minimum Gasteiger partial charge on any atom is -0.481 e. The molecule has 1 N–H and O–H groups in total. The molecule has 0 aliphatic heterocycles. The molecule has 2 heteroatoms. The summed E-state index contributed by atoms with van der Waals surface area (Å²) in [5.74, 6) is 0.00622. The molecule has 0 aromatic carbocycles. The third kappa shape index (κ3) is 6.97. The first kappa shape index (κ1) is 10.1. The fraction of sp³-hybridized carbons (Fsp3) is 0.556. The van der Waals surface area contributed by atoms with Crippen LogP contribution < -0.4 is 0 Å². The molecule has 0 unspecified atom stereocenters. The third-order valence-electron chi connectivity index (χ3n) is 1.34. The van der Waals surface area contributed by atoms with Crippen LogP contribution in [0, 0.1) is 0 Å². The highest BCUT2D eigenvalue weighted by Gasteiger charge is 1.89. The summed E-state index contributed by atoms with van der Waals surface area (Å²) in [4.78, 5) is 0. The second kappa shape index (κ2) is 5.83. The van der Waals surface area contributed by atoms with E-state index >= 15 is 0 Å². The zero-order valence-corrected chi connectivity index (χ0v) is 7.26. The van der Waals surface area contributed by atoms with Gasteiger partial charge in [0.2, 0.25) is 0 Å². The Balaban J connectivity index is 3.33. The van der Waals surface area contributed by atoms with Gasteiger partial charge in [-0.15, -0.1) is 6.58 Å². The number of aliphatic hydroxyl groups excluding tert-OH is 1. The number of aliphatic hydroxyl groups is 1. The zero-order valence-electron chi connectivity index (χ0n) is 7.26. The highest BCUT2D eigenvalue weighted by molar-refractivity contribution is 4.89. The van der Waals surface area contributed by atoms with Crippen molar-refractivity contribution in [1.29, 1.82) is 0 Å². The lowest BCUT2D eigenvalue weighted by atomic mass is 10.1. The molecule has 0 amide bonds. The van der Waals surface area contributed by atoms with Gasteiger partial charge in [-0.1, -0.05) is 5.57 Å². The number of rotatable bonds is 5. The highest BCUT2D eigenvalue weighted by atomic mass is 16.6. The van der Waals surface area contributed by atoms with Crippen LogP contribution in [0.5, 0.6) is 0 Å². The molecule has 0 aliphatic carbocycles. The van der Waals surface area contributed by atoms with E-state index in [9.17, 15) is 0 Å². The number of methoxy groups -OCH3 is 1. The predicted octanol–water partition coefficient (Wildman–Crippen LogP) is 2.78. The van der Waals surface area contributed by atoms with Gasteiger partial charge in [0.15, 0.2) is 0 Å². The molecular weight excluding hydrogens is 140 g/mol. The summed E-state index contributed by atoms with van der Waals surface area (Å²) in [5, 5.41) is 8.84. The Bertz CT molecular complexity index is 148. The minimum absolute atomic E-state index is 0.00622. The Morgan fingerprint density at radius 2 is 2.27 bits per heavy atom. The largest absolute Gasteiger partial charge is 0.481 e. The molecule has 0 fully saturated rings. The van der Waals surface area contributed by atoms with Crippen LogP contribution in [0.4, 0.5) is 0 Å². The van der Waals surface area contributed by atoms with Crippen molar-refractivity contribution in [3.05, 3.63) is 24.2 Å². The summed E-state index contributed by atoms with van der Waals surface area (Å²) < 4.78 is 4.55. The van der Waals surface area contributed by atoms with E-state index < -0.39 is 0 Å². The smallest absolute Gasteiger partial charge is 0.272 e. The molecule has 64 valence electrons. The lowest BCUT2D eigenvalue weighted by molar-refractivity contribution is 0.134. The molecule has 11 heavy (non-hydrogen) atoms. The fourth-order valence-electron chi connectivity index (χ4n) is 0.713. The van der Waals surface area contributed by atoms with Crippen molar-refractivity contribution in [3.63, 3.8) is 0 Å². The molecule has 0 saturated heterocycles. The fourth-order valence-corrected chi connectivity index (χ4v) is 0.713. The maximum absolute atomic E-state index is 8.84. The van der Waals surface area contributed by atoms with Crippen LogP contribution in [0.25, 0.3) is 0 Å². The van der Waals surface area contributed by atoms with E-state index in [2.05, 4.69) is 11.3 Å². The standard InChI is InChI=1S/C9H16O2/c1-8(2)6-4-5-7-9(10)11-3/h7,10H,1,4-6H2,2-3H3/b9-7-. The first-order valence-corrected chi connectivity index (χ1v) is 3.74. The number of allylic oxidation sites excluding steroid dienone is 2. The van der Waals surface area contributed by atoms with Crippen molar-refractivity contribution >= 4 is 0 Å². The summed E-state index contributed by atoms with van der Waals surface area (Å²) in [6, 6.07) is 0. The molecular formula is C9H16O2. The molecule has 0 saturated carbocycles. The van der Waals surface area contributed by atoms with E-state index in [1.165, 1.54) is 12.7 Å². The Labute approximate surface area is 68.2 Å². The van der Waals surface area contributed by atoms with Gasteiger partial charge in [-0.05, 0) is 32.3 Å². The summed E-state index contributed by atoms with van der Waals surface area (Å²) in [5.41, 5.74) is 1.18. The Morgan fingerprint density at radius 3 is 2.73 bits per heavy atom. The van der Waals surface area contributed by atoms with E-state index in [1.54, 1.807) is 6.08 Å². The van der Waals surface area contributed by atoms with Gasteiger partial charge in [-0.2, -0.15) is 0 Å². The van der Waals surface area contributed by atoms with E-state index in [-0.39, 0.29) is 5.95 Å². The van der Waals surface area contributed by atoms with Crippen molar-refractivity contribution in [2.75, 3.05) is 7.11 Å². The molecule has 2 nitrogen and oxygen atoms in total. The van der Waals surface area contributed by atoms with Crippen LogP contribution in [0.3, 0.4) is 0 Å². The van der Waals surface area contributed by atoms with E-state index in [0.29, 0.717) is 0 Å². The molecule has 0 rings (SSSR count). The minimum atomic E-state index is 0.00622. The summed E-state index contributed by atoms with van der Waals surface area (Å²) in [7, 11) is 1.45. The second-order valence-corrected chi connectivity index (χ2v) is 2.60. The van der Waals surface area contributed by atoms with E-state index in [0.717, 1.165) is 19.3 Å². The van der Waals surface area contributed by atoms with Crippen molar-refractivity contribution in [3.8, 4) is 0 Å². The zero-order chi connectivity index (χ0) is 8.69. The van der Waals surface area contributed by atoms with Crippen molar-refractivity contribution in [1.82, 2.24) is 0 Å². The molecule has 0 atom stereocenters. The Morgan fingerprint density at radius 1 is 1.64 bits per heavy atom. The first-order valence-electron chi connectivity index (χ1n) is 3.74. The second-order valence-electron chi connectivity index (χ2n) is 2.60. The molecule has 0 aromatic heterocycles. The number of hydrogen-bond donors (Lipinski definition) is 1. The topological polar surface area (TPSA) is 29.5 Å². The highest BCUT2D eigenvalue weighted by Crippen LogP contribution is 2.05. The summed E-state index contributed by atoms with van der Waals surface area (Å²) in [6.45, 7) is 5.78. The van der Waals surface area contributed by atoms with Gasteiger partial charge in [0.05, 0.1) is 7.11 Å². The van der Waals surface area contributed by atoms with Crippen LogP contribution in [0.15, 0.2) is 24.2 Å². The molecule has 0 aliphatic rings. The van der Waals surface area contributed by atoms with Gasteiger partial charge in [0, 0.05) is 0 Å².